The van der Waals surface area contributed by atoms with Crippen molar-refractivity contribution in [2.75, 3.05) is 36.5 Å². The number of amides is 1. The van der Waals surface area contributed by atoms with Gasteiger partial charge in [-0.3, -0.25) is 15.0 Å². The third-order valence-electron chi connectivity index (χ3n) is 3.79. The second kappa shape index (κ2) is 6.82. The number of aliphatic hydroxyl groups excluding tert-OH is 1. The fraction of sp³-hybridized carbons (Fsp3) is 0.533. The Morgan fingerprint density at radius 3 is 2.78 bits per heavy atom. The Kier molecular flexibility index (Phi) is 5.05. The molecular formula is C15H21N3O5. The molecule has 1 heterocycles. The van der Waals surface area contributed by atoms with Crippen molar-refractivity contribution in [2.24, 2.45) is 5.41 Å². The molecule has 0 bridgehead atoms. The molecule has 1 aliphatic heterocycles. The highest BCUT2D eigenvalue weighted by atomic mass is 16.6. The van der Waals surface area contributed by atoms with Crippen LogP contribution in [0.1, 0.15) is 20.3 Å². The van der Waals surface area contributed by atoms with Crippen LogP contribution in [0, 0.1) is 15.5 Å². The minimum absolute atomic E-state index is 0.0835. The van der Waals surface area contributed by atoms with E-state index in [0.29, 0.717) is 30.9 Å². The Bertz CT molecular complexity index is 603. The van der Waals surface area contributed by atoms with Crippen LogP contribution in [0.2, 0.25) is 0 Å². The van der Waals surface area contributed by atoms with E-state index in [1.165, 1.54) is 17.0 Å². The van der Waals surface area contributed by atoms with Gasteiger partial charge < -0.3 is 15.2 Å². The molecule has 2 rings (SSSR count). The Hall–Kier alpha value is -2.35. The first-order valence-electron chi connectivity index (χ1n) is 7.41. The van der Waals surface area contributed by atoms with Crippen LogP contribution in [0.3, 0.4) is 0 Å². The molecule has 1 amide bonds. The topological polar surface area (TPSA) is 105 Å². The molecule has 8 heteroatoms. The highest BCUT2D eigenvalue weighted by molar-refractivity contribution is 5.94. The Labute approximate surface area is 134 Å². The number of carbonyl (C=O) groups is 1. The van der Waals surface area contributed by atoms with Crippen LogP contribution in [-0.2, 0) is 4.74 Å². The van der Waals surface area contributed by atoms with Gasteiger partial charge in [0.25, 0.3) is 5.69 Å². The Morgan fingerprint density at radius 2 is 2.22 bits per heavy atom. The number of nitro groups is 1. The van der Waals surface area contributed by atoms with Crippen LogP contribution in [0.4, 0.5) is 21.9 Å². The van der Waals surface area contributed by atoms with Gasteiger partial charge in [-0.25, -0.2) is 4.79 Å². The lowest BCUT2D eigenvalue weighted by atomic mass is 9.89. The van der Waals surface area contributed by atoms with Gasteiger partial charge in [-0.15, -0.1) is 0 Å². The summed E-state index contributed by atoms with van der Waals surface area (Å²) in [6.45, 7) is 5.27. The number of hydrogen-bond donors (Lipinski definition) is 2. The zero-order valence-electron chi connectivity index (χ0n) is 13.2. The number of aliphatic hydroxyl groups is 1. The number of cyclic esters (lactones) is 1. The molecule has 8 nitrogen and oxygen atoms in total. The van der Waals surface area contributed by atoms with Gasteiger partial charge in [0.1, 0.15) is 6.61 Å². The average molecular weight is 323 g/mol. The minimum atomic E-state index is -0.511. The predicted molar refractivity (Wildman–Crippen MR) is 85.8 cm³/mol. The third kappa shape index (κ3) is 4.10. The SMILES string of the molecule is CC(C)(CCO)CNc1ccc([N+](=O)[O-])cc1N1CCOC1=O. The molecule has 0 aromatic heterocycles. The largest absolute Gasteiger partial charge is 0.447 e. The molecule has 0 saturated carbocycles. The van der Waals surface area contributed by atoms with E-state index in [4.69, 9.17) is 9.84 Å². The van der Waals surface area contributed by atoms with Crippen molar-refractivity contribution in [3.8, 4) is 0 Å². The number of hydrogen-bond acceptors (Lipinski definition) is 6. The van der Waals surface area contributed by atoms with Gasteiger partial charge in [0.15, 0.2) is 0 Å². The Balaban J connectivity index is 2.27. The summed E-state index contributed by atoms with van der Waals surface area (Å²) < 4.78 is 4.92. The van der Waals surface area contributed by atoms with Crippen molar-refractivity contribution in [1.82, 2.24) is 0 Å². The number of ether oxygens (including phenoxy) is 1. The first-order chi connectivity index (χ1) is 10.8. The number of benzene rings is 1. The number of nitrogens with zero attached hydrogens (tertiary/aromatic N) is 2. The fourth-order valence-electron chi connectivity index (χ4n) is 2.34. The first kappa shape index (κ1) is 17.0. The van der Waals surface area contributed by atoms with Crippen LogP contribution < -0.4 is 10.2 Å². The third-order valence-corrected chi connectivity index (χ3v) is 3.79. The maximum Gasteiger partial charge on any atom is 0.414 e. The second-order valence-electron chi connectivity index (χ2n) is 6.22. The van der Waals surface area contributed by atoms with Crippen molar-refractivity contribution >= 4 is 23.2 Å². The molecule has 0 aliphatic carbocycles. The van der Waals surface area contributed by atoms with Crippen LogP contribution in [0.15, 0.2) is 18.2 Å². The average Bonchev–Trinajstić information content (AvgIpc) is 2.91. The molecule has 126 valence electrons. The van der Waals surface area contributed by atoms with E-state index in [9.17, 15) is 14.9 Å². The molecule has 0 unspecified atom stereocenters. The van der Waals surface area contributed by atoms with Gasteiger partial charge in [-0.2, -0.15) is 0 Å². The number of nitrogens with one attached hydrogen (secondary N) is 1. The molecule has 23 heavy (non-hydrogen) atoms. The lowest BCUT2D eigenvalue weighted by Gasteiger charge is -2.26. The van der Waals surface area contributed by atoms with E-state index >= 15 is 0 Å². The molecule has 1 aliphatic rings. The monoisotopic (exact) mass is 323 g/mol. The molecular weight excluding hydrogens is 302 g/mol. The molecule has 0 spiro atoms. The molecule has 1 aromatic rings. The van der Waals surface area contributed by atoms with E-state index in [1.807, 2.05) is 13.8 Å². The first-order valence-corrected chi connectivity index (χ1v) is 7.41. The van der Waals surface area contributed by atoms with Crippen molar-refractivity contribution in [1.29, 1.82) is 0 Å². The van der Waals surface area contributed by atoms with E-state index in [-0.39, 0.29) is 24.3 Å². The molecule has 0 atom stereocenters. The minimum Gasteiger partial charge on any atom is -0.447 e. The van der Waals surface area contributed by atoms with Gasteiger partial charge in [-0.05, 0) is 17.9 Å². The van der Waals surface area contributed by atoms with Crippen molar-refractivity contribution < 1.29 is 19.6 Å². The van der Waals surface area contributed by atoms with Gasteiger partial charge in [0.2, 0.25) is 0 Å². The van der Waals surface area contributed by atoms with E-state index in [0.717, 1.165) is 0 Å². The summed E-state index contributed by atoms with van der Waals surface area (Å²) in [5, 5.41) is 23.3. The van der Waals surface area contributed by atoms with Gasteiger partial charge in [-0.1, -0.05) is 13.8 Å². The fourth-order valence-corrected chi connectivity index (χ4v) is 2.34. The van der Waals surface area contributed by atoms with Crippen LogP contribution in [0.5, 0.6) is 0 Å². The summed E-state index contributed by atoms with van der Waals surface area (Å²) >= 11 is 0. The summed E-state index contributed by atoms with van der Waals surface area (Å²) in [5.41, 5.74) is 0.820. The van der Waals surface area contributed by atoms with Gasteiger partial charge in [0.05, 0.1) is 22.8 Å². The summed E-state index contributed by atoms with van der Waals surface area (Å²) in [7, 11) is 0. The number of non-ortho nitro benzene ring substituents is 1. The van der Waals surface area contributed by atoms with E-state index in [1.54, 1.807) is 6.07 Å². The maximum absolute atomic E-state index is 11.8. The zero-order chi connectivity index (χ0) is 17.0. The zero-order valence-corrected chi connectivity index (χ0v) is 13.2. The highest BCUT2D eigenvalue weighted by Gasteiger charge is 2.28. The number of nitro benzene ring substituents is 1. The summed E-state index contributed by atoms with van der Waals surface area (Å²) in [4.78, 5) is 23.7. The number of rotatable bonds is 7. The van der Waals surface area contributed by atoms with Crippen LogP contribution in [0.25, 0.3) is 0 Å². The number of carbonyl (C=O) groups excluding carboxylic acids is 1. The lowest BCUT2D eigenvalue weighted by Crippen LogP contribution is -2.27. The van der Waals surface area contributed by atoms with E-state index < -0.39 is 11.0 Å². The van der Waals surface area contributed by atoms with Gasteiger partial charge in [0, 0.05) is 25.3 Å². The van der Waals surface area contributed by atoms with Crippen molar-refractivity contribution in [3.05, 3.63) is 28.3 Å². The molecule has 0 radical (unpaired) electrons. The lowest BCUT2D eigenvalue weighted by molar-refractivity contribution is -0.384. The Morgan fingerprint density at radius 1 is 1.48 bits per heavy atom. The van der Waals surface area contributed by atoms with Crippen molar-refractivity contribution in [2.45, 2.75) is 20.3 Å². The van der Waals surface area contributed by atoms with E-state index in [2.05, 4.69) is 5.32 Å². The predicted octanol–water partition coefficient (Wildman–Crippen LogP) is 2.37. The number of anilines is 2. The maximum atomic E-state index is 11.8. The van der Waals surface area contributed by atoms with Crippen LogP contribution in [-0.4, -0.2) is 42.4 Å². The van der Waals surface area contributed by atoms with Crippen molar-refractivity contribution in [3.63, 3.8) is 0 Å². The highest BCUT2D eigenvalue weighted by Crippen LogP contribution is 2.33. The summed E-state index contributed by atoms with van der Waals surface area (Å²) in [6.07, 6.45) is 0.108. The quantitative estimate of drug-likeness (QED) is 0.589. The summed E-state index contributed by atoms with van der Waals surface area (Å²) in [6, 6.07) is 4.36. The molecule has 1 saturated heterocycles. The molecule has 1 fully saturated rings. The molecule has 2 N–H and O–H groups in total. The standard InChI is InChI=1S/C15H21N3O5/c1-15(2,5-7-19)10-16-12-4-3-11(18(21)22)9-13(12)17-6-8-23-14(17)20/h3-4,9,16,19H,5-8,10H2,1-2H3. The second-order valence-corrected chi connectivity index (χ2v) is 6.22. The van der Waals surface area contributed by atoms with Gasteiger partial charge >= 0.3 is 6.09 Å². The smallest absolute Gasteiger partial charge is 0.414 e. The van der Waals surface area contributed by atoms with Crippen LogP contribution >= 0.6 is 0 Å². The normalized spacial score (nSPS) is 14.7. The summed E-state index contributed by atoms with van der Waals surface area (Å²) in [5.74, 6) is 0. The molecule has 1 aromatic carbocycles.